The summed E-state index contributed by atoms with van der Waals surface area (Å²) in [6.45, 7) is 4.42. The van der Waals surface area contributed by atoms with Crippen LogP contribution in [0.25, 0.3) is 0 Å². The van der Waals surface area contributed by atoms with E-state index in [1.807, 2.05) is 23.5 Å². The summed E-state index contributed by atoms with van der Waals surface area (Å²) in [5.41, 5.74) is 0. The van der Waals surface area contributed by atoms with Crippen LogP contribution in [-0.4, -0.2) is 42.7 Å². The second-order valence-corrected chi connectivity index (χ2v) is 11.4. The highest BCUT2D eigenvalue weighted by Gasteiger charge is 2.23. The molecule has 0 aromatic heterocycles. The first kappa shape index (κ1) is 18.1. The Labute approximate surface area is 141 Å². The molecule has 108 valence electrons. The quantitative estimate of drug-likeness (QED) is 0.461. The summed E-state index contributed by atoms with van der Waals surface area (Å²) in [6.07, 6.45) is 2.33. The molecule has 1 aliphatic heterocycles. The van der Waals surface area contributed by atoms with Crippen LogP contribution in [0.3, 0.4) is 0 Å². The summed E-state index contributed by atoms with van der Waals surface area (Å²) >= 11 is 17.5. The maximum Gasteiger partial charge on any atom is 0.0470 e. The minimum atomic E-state index is 0.526. The van der Waals surface area contributed by atoms with E-state index in [2.05, 4.69) is 62.6 Å². The van der Waals surface area contributed by atoms with E-state index in [4.69, 9.17) is 0 Å². The SMILES string of the molecule is CCC(S)SCC1CSC(CSC(S)CC)CS1. The van der Waals surface area contributed by atoms with Gasteiger partial charge < -0.3 is 0 Å². The third kappa shape index (κ3) is 7.77. The van der Waals surface area contributed by atoms with Crippen molar-refractivity contribution in [1.82, 2.24) is 0 Å². The van der Waals surface area contributed by atoms with Crippen LogP contribution in [0.4, 0.5) is 0 Å². The van der Waals surface area contributed by atoms with Crippen molar-refractivity contribution in [3.63, 3.8) is 0 Å². The predicted octanol–water partition coefficient (Wildman–Crippen LogP) is 5.00. The van der Waals surface area contributed by atoms with Gasteiger partial charge in [0.15, 0.2) is 0 Å². The molecular formula is C12H24S6. The summed E-state index contributed by atoms with van der Waals surface area (Å²) in [5.74, 6) is 5.17. The van der Waals surface area contributed by atoms with Crippen LogP contribution in [0.2, 0.25) is 0 Å². The van der Waals surface area contributed by atoms with E-state index in [0.717, 1.165) is 23.3 Å². The molecule has 0 aromatic carbocycles. The molecule has 0 nitrogen and oxygen atoms in total. The van der Waals surface area contributed by atoms with Gasteiger partial charge in [0.05, 0.1) is 0 Å². The fourth-order valence-corrected chi connectivity index (χ4v) is 7.54. The standard InChI is InChI=1S/C12H24S6/c1-3-11(13)17-7-9-5-16-10(6-15-9)8-18-12(14)4-2/h9-14H,3-8H2,1-2H3. The third-order valence-electron chi connectivity index (χ3n) is 2.68. The Kier molecular flexibility index (Phi) is 10.9. The van der Waals surface area contributed by atoms with E-state index >= 15 is 0 Å². The number of rotatable bonds is 8. The molecule has 4 unspecified atom stereocenters. The molecule has 0 aliphatic carbocycles. The van der Waals surface area contributed by atoms with Crippen molar-refractivity contribution in [3.05, 3.63) is 0 Å². The normalized spacial score (nSPS) is 28.0. The molecule has 0 saturated carbocycles. The number of hydrogen-bond donors (Lipinski definition) is 2. The van der Waals surface area contributed by atoms with Gasteiger partial charge in [0.25, 0.3) is 0 Å². The lowest BCUT2D eigenvalue weighted by atomic mass is 10.5. The Morgan fingerprint density at radius 3 is 1.61 bits per heavy atom. The average molecular weight is 361 g/mol. The summed E-state index contributed by atoms with van der Waals surface area (Å²) in [6, 6.07) is 0. The van der Waals surface area contributed by atoms with Gasteiger partial charge in [-0.25, -0.2) is 0 Å². The first-order valence-corrected chi connectivity index (χ1v) is 11.7. The summed E-state index contributed by atoms with van der Waals surface area (Å²) in [7, 11) is 0. The van der Waals surface area contributed by atoms with E-state index in [0.29, 0.717) is 9.16 Å². The van der Waals surface area contributed by atoms with Gasteiger partial charge in [-0.2, -0.15) is 48.8 Å². The molecule has 18 heavy (non-hydrogen) atoms. The molecule has 0 radical (unpaired) electrons. The zero-order valence-electron chi connectivity index (χ0n) is 11.1. The van der Waals surface area contributed by atoms with Gasteiger partial charge in [-0.05, 0) is 12.8 Å². The minimum absolute atomic E-state index is 0.526. The van der Waals surface area contributed by atoms with Gasteiger partial charge in [0, 0.05) is 42.7 Å². The largest absolute Gasteiger partial charge is 0.165 e. The van der Waals surface area contributed by atoms with Gasteiger partial charge in [0.1, 0.15) is 0 Å². The summed E-state index contributed by atoms with van der Waals surface area (Å²) in [4.78, 5) is 0. The third-order valence-corrected chi connectivity index (χ3v) is 10.6. The lowest BCUT2D eigenvalue weighted by molar-refractivity contribution is 1.03. The van der Waals surface area contributed by atoms with Gasteiger partial charge >= 0.3 is 0 Å². The van der Waals surface area contributed by atoms with E-state index in [9.17, 15) is 0 Å². The summed E-state index contributed by atoms with van der Waals surface area (Å²) < 4.78 is 1.05. The van der Waals surface area contributed by atoms with Crippen LogP contribution < -0.4 is 0 Å². The molecule has 4 atom stereocenters. The van der Waals surface area contributed by atoms with Crippen molar-refractivity contribution in [2.45, 2.75) is 46.4 Å². The van der Waals surface area contributed by atoms with Gasteiger partial charge in [-0.15, -0.1) is 23.5 Å². The molecular weight excluding hydrogens is 337 g/mol. The maximum atomic E-state index is 4.55. The lowest BCUT2D eigenvalue weighted by Gasteiger charge is -2.28. The van der Waals surface area contributed by atoms with E-state index in [1.165, 1.54) is 23.0 Å². The van der Waals surface area contributed by atoms with Crippen LogP contribution in [0.15, 0.2) is 0 Å². The molecule has 1 aliphatic rings. The van der Waals surface area contributed by atoms with Crippen molar-refractivity contribution < 1.29 is 0 Å². The zero-order chi connectivity index (χ0) is 13.4. The van der Waals surface area contributed by atoms with Gasteiger partial charge in [-0.3, -0.25) is 0 Å². The van der Waals surface area contributed by atoms with Gasteiger partial charge in [0.2, 0.25) is 0 Å². The molecule has 0 aromatic rings. The Morgan fingerprint density at radius 1 is 0.944 bits per heavy atom. The van der Waals surface area contributed by atoms with Crippen LogP contribution in [-0.2, 0) is 0 Å². The molecule has 0 N–H and O–H groups in total. The predicted molar refractivity (Wildman–Crippen MR) is 104 cm³/mol. The van der Waals surface area contributed by atoms with Crippen molar-refractivity contribution in [1.29, 1.82) is 0 Å². The molecule has 1 saturated heterocycles. The molecule has 6 heteroatoms. The molecule has 1 heterocycles. The van der Waals surface area contributed by atoms with Crippen molar-refractivity contribution in [3.8, 4) is 0 Å². The second-order valence-electron chi connectivity index (χ2n) is 4.30. The van der Waals surface area contributed by atoms with Gasteiger partial charge in [-0.1, -0.05) is 13.8 Å². The fourth-order valence-electron chi connectivity index (χ4n) is 1.45. The van der Waals surface area contributed by atoms with Crippen LogP contribution in [0, 0.1) is 0 Å². The highest BCUT2D eigenvalue weighted by Crippen LogP contribution is 2.35. The number of thioether (sulfide) groups is 4. The van der Waals surface area contributed by atoms with E-state index in [-0.39, 0.29) is 0 Å². The lowest BCUT2D eigenvalue weighted by Crippen LogP contribution is -2.25. The number of thiol groups is 2. The van der Waals surface area contributed by atoms with Crippen molar-refractivity contribution >= 4 is 72.3 Å². The Morgan fingerprint density at radius 2 is 1.33 bits per heavy atom. The second kappa shape index (κ2) is 10.8. The first-order chi connectivity index (χ1) is 8.65. The maximum absolute atomic E-state index is 4.55. The first-order valence-electron chi connectivity index (χ1n) is 6.48. The number of hydrogen-bond acceptors (Lipinski definition) is 6. The molecule has 0 amide bonds. The van der Waals surface area contributed by atoms with Crippen molar-refractivity contribution in [2.75, 3.05) is 23.0 Å². The topological polar surface area (TPSA) is 0 Å². The fraction of sp³-hybridized carbons (Fsp3) is 1.00. The molecule has 0 spiro atoms. The molecule has 1 rings (SSSR count). The molecule has 1 fully saturated rings. The Hall–Kier alpha value is 2.10. The van der Waals surface area contributed by atoms with Crippen LogP contribution in [0.5, 0.6) is 0 Å². The average Bonchev–Trinajstić information content (AvgIpc) is 2.43. The minimum Gasteiger partial charge on any atom is -0.165 e. The monoisotopic (exact) mass is 360 g/mol. The van der Waals surface area contributed by atoms with E-state index < -0.39 is 0 Å². The molecule has 0 bridgehead atoms. The van der Waals surface area contributed by atoms with E-state index in [1.54, 1.807) is 0 Å². The Bertz CT molecular complexity index is 183. The highest BCUT2D eigenvalue weighted by molar-refractivity contribution is 8.13. The van der Waals surface area contributed by atoms with Crippen molar-refractivity contribution in [2.24, 2.45) is 0 Å². The Balaban J connectivity index is 2.09. The van der Waals surface area contributed by atoms with Crippen LogP contribution >= 0.6 is 72.3 Å². The van der Waals surface area contributed by atoms with Crippen LogP contribution in [0.1, 0.15) is 26.7 Å². The summed E-state index contributed by atoms with van der Waals surface area (Å²) in [5, 5.41) is 1.67. The smallest absolute Gasteiger partial charge is 0.0470 e. The zero-order valence-corrected chi connectivity index (χ0v) is 16.1. The highest BCUT2D eigenvalue weighted by atomic mass is 32.2.